The number of carbonyl (C=O) groups excluding carboxylic acids is 5. The Balaban J connectivity index is 1.51. The van der Waals surface area contributed by atoms with E-state index < -0.39 is 18.0 Å². The molecular weight excluding hydrogens is 580 g/mol. The SMILES string of the molecule is CCC(=O)NCCN1C(=O)C(C)(C)Oc2cc(C)c(C(=O)N(C(C)C)[C@@H]3CCCN(C(=O)OC(C)OC(=O)CC4CC4)C3)cc21. The Hall–Kier alpha value is -3.83. The van der Waals surface area contributed by atoms with E-state index in [0.29, 0.717) is 60.7 Å². The number of carbonyl (C=O) groups is 5. The molecule has 4 amide bonds. The van der Waals surface area contributed by atoms with Gasteiger partial charge in [-0.15, -0.1) is 0 Å². The van der Waals surface area contributed by atoms with Gasteiger partial charge in [0.25, 0.3) is 11.8 Å². The highest BCUT2D eigenvalue weighted by atomic mass is 16.7. The molecule has 248 valence electrons. The van der Waals surface area contributed by atoms with E-state index in [-0.39, 0.29) is 55.4 Å². The highest BCUT2D eigenvalue weighted by Crippen LogP contribution is 2.40. The average molecular weight is 629 g/mol. The summed E-state index contributed by atoms with van der Waals surface area (Å²) in [5.74, 6) is -0.103. The Labute approximate surface area is 265 Å². The number of benzene rings is 1. The number of piperidine rings is 1. The lowest BCUT2D eigenvalue weighted by Crippen LogP contribution is -2.55. The van der Waals surface area contributed by atoms with E-state index in [4.69, 9.17) is 14.2 Å². The number of amides is 4. The van der Waals surface area contributed by atoms with Crippen molar-refractivity contribution in [2.24, 2.45) is 5.92 Å². The van der Waals surface area contributed by atoms with Crippen LogP contribution in [0.15, 0.2) is 12.1 Å². The summed E-state index contributed by atoms with van der Waals surface area (Å²) in [5, 5.41) is 2.81. The molecular formula is C33H48N4O8. The second-order valence-electron chi connectivity index (χ2n) is 13.0. The van der Waals surface area contributed by atoms with Crippen LogP contribution < -0.4 is 15.0 Å². The Bertz CT molecular complexity index is 1310. The third kappa shape index (κ3) is 8.26. The second kappa shape index (κ2) is 14.1. The molecule has 12 heteroatoms. The van der Waals surface area contributed by atoms with Gasteiger partial charge in [0.1, 0.15) is 5.75 Å². The van der Waals surface area contributed by atoms with Gasteiger partial charge in [-0.1, -0.05) is 6.92 Å². The van der Waals surface area contributed by atoms with Gasteiger partial charge in [-0.2, -0.15) is 0 Å². The van der Waals surface area contributed by atoms with E-state index in [1.165, 1.54) is 6.92 Å². The zero-order chi connectivity index (χ0) is 33.1. The van der Waals surface area contributed by atoms with Crippen molar-refractivity contribution in [3.63, 3.8) is 0 Å². The van der Waals surface area contributed by atoms with Crippen molar-refractivity contribution in [2.45, 2.75) is 111 Å². The van der Waals surface area contributed by atoms with Crippen molar-refractivity contribution in [1.29, 1.82) is 0 Å². The smallest absolute Gasteiger partial charge is 0.412 e. The van der Waals surface area contributed by atoms with E-state index in [0.717, 1.165) is 12.8 Å². The first-order valence-corrected chi connectivity index (χ1v) is 16.1. The van der Waals surface area contributed by atoms with Gasteiger partial charge in [-0.3, -0.25) is 19.2 Å². The topological polar surface area (TPSA) is 135 Å². The molecule has 1 saturated heterocycles. The maximum absolute atomic E-state index is 14.3. The summed E-state index contributed by atoms with van der Waals surface area (Å²) < 4.78 is 16.8. The molecule has 12 nitrogen and oxygen atoms in total. The number of fused-ring (bicyclic) bond motifs is 1. The number of nitrogens with one attached hydrogen (secondary N) is 1. The number of nitrogens with zero attached hydrogens (tertiary/aromatic N) is 3. The molecule has 1 unspecified atom stereocenters. The van der Waals surface area contributed by atoms with Crippen LogP contribution in [0.25, 0.3) is 0 Å². The molecule has 1 saturated carbocycles. The number of hydrogen-bond donors (Lipinski definition) is 1. The lowest BCUT2D eigenvalue weighted by Gasteiger charge is -2.42. The van der Waals surface area contributed by atoms with E-state index in [2.05, 4.69) is 5.32 Å². The van der Waals surface area contributed by atoms with Gasteiger partial charge in [0.05, 0.1) is 11.7 Å². The Morgan fingerprint density at radius 2 is 1.82 bits per heavy atom. The van der Waals surface area contributed by atoms with Crippen molar-refractivity contribution in [3.8, 4) is 5.75 Å². The number of likely N-dealkylation sites (tertiary alicyclic amines) is 1. The average Bonchev–Trinajstić information content (AvgIpc) is 3.78. The van der Waals surface area contributed by atoms with Gasteiger partial charge in [-0.05, 0) is 83.9 Å². The van der Waals surface area contributed by atoms with Gasteiger partial charge >= 0.3 is 12.1 Å². The first kappa shape index (κ1) is 34.1. The van der Waals surface area contributed by atoms with Crippen LogP contribution in [0.2, 0.25) is 0 Å². The van der Waals surface area contributed by atoms with Crippen LogP contribution in [0.1, 0.15) is 96.0 Å². The van der Waals surface area contributed by atoms with Crippen LogP contribution in [0, 0.1) is 12.8 Å². The van der Waals surface area contributed by atoms with E-state index in [9.17, 15) is 24.0 Å². The van der Waals surface area contributed by atoms with Crippen molar-refractivity contribution in [3.05, 3.63) is 23.3 Å². The third-order valence-electron chi connectivity index (χ3n) is 8.49. The molecule has 0 aromatic heterocycles. The standard InChI is InChI=1S/C33H48N4O8/c1-8-28(38)34-13-15-36-26-18-25(21(4)16-27(26)45-33(6,7)31(36)41)30(40)37(20(2)3)24-10-9-14-35(19-24)32(42)44-22(5)43-29(39)17-23-11-12-23/h16,18,20,22-24H,8-15,17,19H2,1-7H3,(H,34,38)/t22?,24-/m1/s1. The molecule has 1 aromatic carbocycles. The fraction of sp³-hybridized carbons (Fsp3) is 0.667. The van der Waals surface area contributed by atoms with Crippen LogP contribution in [-0.2, 0) is 23.9 Å². The number of aryl methyl sites for hydroxylation is 1. The molecule has 4 rings (SSSR count). The maximum Gasteiger partial charge on any atom is 0.412 e. The number of rotatable bonds is 11. The summed E-state index contributed by atoms with van der Waals surface area (Å²) in [5.41, 5.74) is 0.484. The highest BCUT2D eigenvalue weighted by Gasteiger charge is 2.42. The molecule has 1 N–H and O–H groups in total. The zero-order valence-electron chi connectivity index (χ0n) is 27.6. The number of anilines is 1. The maximum atomic E-state index is 14.3. The molecule has 0 radical (unpaired) electrons. The molecule has 1 aromatic rings. The predicted molar refractivity (Wildman–Crippen MR) is 167 cm³/mol. The van der Waals surface area contributed by atoms with Crippen molar-refractivity contribution < 1.29 is 38.2 Å². The summed E-state index contributed by atoms with van der Waals surface area (Å²) in [7, 11) is 0. The summed E-state index contributed by atoms with van der Waals surface area (Å²) in [6.45, 7) is 13.6. The Kier molecular flexibility index (Phi) is 10.7. The second-order valence-corrected chi connectivity index (χ2v) is 13.0. The summed E-state index contributed by atoms with van der Waals surface area (Å²) in [6.07, 6.45) is 2.50. The first-order chi connectivity index (χ1) is 21.2. The normalized spacial score (nSPS) is 19.7. The monoisotopic (exact) mass is 628 g/mol. The molecule has 1 aliphatic carbocycles. The largest absolute Gasteiger partial charge is 0.476 e. The zero-order valence-corrected chi connectivity index (χ0v) is 27.6. The van der Waals surface area contributed by atoms with Crippen molar-refractivity contribution in [1.82, 2.24) is 15.1 Å². The molecule has 2 aliphatic heterocycles. The van der Waals surface area contributed by atoms with Crippen LogP contribution in [-0.4, -0.2) is 89.7 Å². The van der Waals surface area contributed by atoms with Gasteiger partial charge in [0.2, 0.25) is 12.2 Å². The minimum absolute atomic E-state index is 0.114. The lowest BCUT2D eigenvalue weighted by atomic mass is 9.97. The minimum atomic E-state index is -1.11. The number of ether oxygens (including phenoxy) is 3. The number of hydrogen-bond acceptors (Lipinski definition) is 8. The Morgan fingerprint density at radius 3 is 2.47 bits per heavy atom. The summed E-state index contributed by atoms with van der Waals surface area (Å²) >= 11 is 0. The van der Waals surface area contributed by atoms with E-state index in [1.807, 2.05) is 20.8 Å². The van der Waals surface area contributed by atoms with Crippen LogP contribution >= 0.6 is 0 Å². The van der Waals surface area contributed by atoms with Gasteiger partial charge in [0, 0.05) is 57.5 Å². The lowest BCUT2D eigenvalue weighted by molar-refractivity contribution is -0.166. The molecule has 2 atom stereocenters. The fourth-order valence-corrected chi connectivity index (χ4v) is 5.94. The van der Waals surface area contributed by atoms with Crippen LogP contribution in [0.4, 0.5) is 10.5 Å². The molecule has 2 heterocycles. The van der Waals surface area contributed by atoms with Gasteiger partial charge in [-0.25, -0.2) is 4.79 Å². The minimum Gasteiger partial charge on any atom is -0.476 e. The van der Waals surface area contributed by atoms with E-state index in [1.54, 1.807) is 47.6 Å². The third-order valence-corrected chi connectivity index (χ3v) is 8.49. The molecule has 2 fully saturated rings. The number of esters is 1. The molecule has 3 aliphatic rings. The molecule has 45 heavy (non-hydrogen) atoms. The van der Waals surface area contributed by atoms with Crippen molar-refractivity contribution >= 4 is 35.5 Å². The fourth-order valence-electron chi connectivity index (χ4n) is 5.94. The Morgan fingerprint density at radius 1 is 1.11 bits per heavy atom. The summed E-state index contributed by atoms with van der Waals surface area (Å²) in [4.78, 5) is 69.5. The van der Waals surface area contributed by atoms with Crippen LogP contribution in [0.5, 0.6) is 5.75 Å². The van der Waals surface area contributed by atoms with Gasteiger partial charge < -0.3 is 34.2 Å². The highest BCUT2D eigenvalue weighted by molar-refractivity contribution is 6.05. The van der Waals surface area contributed by atoms with Gasteiger partial charge in [0.15, 0.2) is 5.60 Å². The molecule has 0 spiro atoms. The molecule has 0 bridgehead atoms. The van der Waals surface area contributed by atoms with E-state index >= 15 is 0 Å². The summed E-state index contributed by atoms with van der Waals surface area (Å²) in [6, 6.07) is 3.01. The van der Waals surface area contributed by atoms with Crippen LogP contribution in [0.3, 0.4) is 0 Å². The predicted octanol–water partition coefficient (Wildman–Crippen LogP) is 4.17. The quantitative estimate of drug-likeness (QED) is 0.285. The first-order valence-electron chi connectivity index (χ1n) is 16.1. The van der Waals surface area contributed by atoms with Crippen molar-refractivity contribution in [2.75, 3.05) is 31.1 Å².